The molecule has 36 heavy (non-hydrogen) atoms. The average molecular weight is 508 g/mol. The van der Waals surface area contributed by atoms with Gasteiger partial charge in [0.1, 0.15) is 12.1 Å². The highest BCUT2D eigenvalue weighted by molar-refractivity contribution is 6.38. The second-order valence-electron chi connectivity index (χ2n) is 10.9. The van der Waals surface area contributed by atoms with Crippen molar-refractivity contribution in [2.45, 2.75) is 97.3 Å². The molecule has 11 heteroatoms. The molecule has 0 aromatic rings. The third-order valence-corrected chi connectivity index (χ3v) is 6.53. The number of carbonyl (C=O) groups excluding carboxylic acids is 6. The second-order valence-corrected chi connectivity index (χ2v) is 10.9. The van der Waals surface area contributed by atoms with E-state index in [0.29, 0.717) is 25.8 Å². The number of ketones is 1. The molecule has 5 amide bonds. The van der Waals surface area contributed by atoms with Crippen LogP contribution in [0.25, 0.3) is 0 Å². The van der Waals surface area contributed by atoms with E-state index in [-0.39, 0.29) is 24.3 Å². The van der Waals surface area contributed by atoms with Crippen molar-refractivity contribution < 1.29 is 28.8 Å². The lowest BCUT2D eigenvalue weighted by Gasteiger charge is -2.31. The number of Topliss-reactive ketones (excluding diaryl/α,β-unsaturated/α-hetero) is 1. The molecule has 4 N–H and O–H groups in total. The molecule has 2 rings (SSSR count). The molecule has 0 aromatic carbocycles. The van der Waals surface area contributed by atoms with Crippen LogP contribution in [0, 0.1) is 11.3 Å². The summed E-state index contributed by atoms with van der Waals surface area (Å²) in [6.45, 7) is 9.09. The quantitative estimate of drug-likeness (QED) is 0.273. The standard InChI is InChI=1S/C25H41N5O6/c1-7-8-18(30(6)23(35)14(2)27-24(36)25(3,4)5)21(33)29-17(13-15-11-12-26-20(15)32)19(31)22(34)28-16-9-10-16/h14-18H,7-13H2,1-6H3,(H,26,32)(H,27,36)(H,28,34)(H,29,33)/t14-,15+,17+,18+/m1/s1. The van der Waals surface area contributed by atoms with E-state index in [0.717, 1.165) is 12.8 Å². The summed E-state index contributed by atoms with van der Waals surface area (Å²) in [6, 6.07) is -3.01. The first kappa shape index (κ1) is 29.3. The van der Waals surface area contributed by atoms with Crippen molar-refractivity contribution in [3.05, 3.63) is 0 Å². The van der Waals surface area contributed by atoms with Gasteiger partial charge in [-0.3, -0.25) is 28.8 Å². The van der Waals surface area contributed by atoms with Crippen molar-refractivity contribution in [3.63, 3.8) is 0 Å². The lowest BCUT2D eigenvalue weighted by atomic mass is 9.94. The minimum absolute atomic E-state index is 0.00302. The zero-order chi connectivity index (χ0) is 27.2. The molecule has 202 valence electrons. The smallest absolute Gasteiger partial charge is 0.289 e. The number of likely N-dealkylation sites (N-methyl/N-ethyl adjacent to an activating group) is 1. The summed E-state index contributed by atoms with van der Waals surface area (Å²) in [5, 5.41) is 10.7. The van der Waals surface area contributed by atoms with E-state index in [2.05, 4.69) is 21.3 Å². The number of hydrogen-bond donors (Lipinski definition) is 4. The molecule has 2 fully saturated rings. The molecule has 2 aliphatic rings. The first-order chi connectivity index (χ1) is 16.8. The summed E-state index contributed by atoms with van der Waals surface area (Å²) in [7, 11) is 1.48. The molecule has 4 atom stereocenters. The number of hydrogen-bond acceptors (Lipinski definition) is 6. The van der Waals surface area contributed by atoms with Crippen LogP contribution in [0.5, 0.6) is 0 Å². The fraction of sp³-hybridized carbons (Fsp3) is 0.760. The molecule has 0 unspecified atom stereocenters. The van der Waals surface area contributed by atoms with Crippen LogP contribution in [0.2, 0.25) is 0 Å². The van der Waals surface area contributed by atoms with Gasteiger partial charge in [0.05, 0.1) is 6.04 Å². The molecular formula is C25H41N5O6. The fourth-order valence-corrected chi connectivity index (χ4v) is 4.00. The second kappa shape index (κ2) is 12.3. The highest BCUT2D eigenvalue weighted by Crippen LogP contribution is 2.20. The van der Waals surface area contributed by atoms with Gasteiger partial charge < -0.3 is 26.2 Å². The van der Waals surface area contributed by atoms with Crippen molar-refractivity contribution in [3.8, 4) is 0 Å². The molecule has 1 saturated carbocycles. The molecular weight excluding hydrogens is 466 g/mol. The molecule has 0 aromatic heterocycles. The first-order valence-corrected chi connectivity index (χ1v) is 12.8. The SMILES string of the molecule is CCC[C@@H](C(=O)N[C@@H](C[C@@H]1CCNC1=O)C(=O)C(=O)NC1CC1)N(C)C(=O)[C@@H](C)NC(=O)C(C)(C)C. The molecule has 1 saturated heterocycles. The lowest BCUT2D eigenvalue weighted by Crippen LogP contribution is -2.57. The molecule has 0 spiro atoms. The van der Waals surface area contributed by atoms with E-state index in [1.807, 2.05) is 6.92 Å². The number of nitrogens with one attached hydrogen (secondary N) is 4. The Labute approximate surface area is 212 Å². The molecule has 1 aliphatic carbocycles. The number of amides is 5. The van der Waals surface area contributed by atoms with Crippen LogP contribution in [0.3, 0.4) is 0 Å². The normalized spacial score (nSPS) is 19.9. The van der Waals surface area contributed by atoms with E-state index < -0.39 is 53.0 Å². The van der Waals surface area contributed by atoms with Crippen molar-refractivity contribution in [2.24, 2.45) is 11.3 Å². The molecule has 11 nitrogen and oxygen atoms in total. The van der Waals surface area contributed by atoms with E-state index in [1.54, 1.807) is 27.7 Å². The zero-order valence-corrected chi connectivity index (χ0v) is 22.2. The van der Waals surface area contributed by atoms with E-state index in [4.69, 9.17) is 0 Å². The Morgan fingerprint density at radius 3 is 2.22 bits per heavy atom. The van der Waals surface area contributed by atoms with E-state index in [9.17, 15) is 28.8 Å². The summed E-state index contributed by atoms with van der Waals surface area (Å²) in [5.74, 6) is -3.63. The highest BCUT2D eigenvalue weighted by Gasteiger charge is 2.38. The van der Waals surface area contributed by atoms with Crippen LogP contribution in [0.4, 0.5) is 0 Å². The molecule has 0 bridgehead atoms. The predicted octanol–water partition coefficient (Wildman–Crippen LogP) is 0.0230. The summed E-state index contributed by atoms with van der Waals surface area (Å²) in [6.07, 6.45) is 3.00. The maximum Gasteiger partial charge on any atom is 0.289 e. The largest absolute Gasteiger partial charge is 0.356 e. The summed E-state index contributed by atoms with van der Waals surface area (Å²) in [4.78, 5) is 77.5. The Morgan fingerprint density at radius 1 is 1.08 bits per heavy atom. The first-order valence-electron chi connectivity index (χ1n) is 12.8. The van der Waals surface area contributed by atoms with Gasteiger partial charge in [0.15, 0.2) is 0 Å². The summed E-state index contributed by atoms with van der Waals surface area (Å²) in [5.41, 5.74) is -0.686. The topological polar surface area (TPSA) is 154 Å². The van der Waals surface area contributed by atoms with Gasteiger partial charge in [0.25, 0.3) is 5.91 Å². The lowest BCUT2D eigenvalue weighted by molar-refractivity contribution is -0.144. The van der Waals surface area contributed by atoms with E-state index in [1.165, 1.54) is 11.9 Å². The van der Waals surface area contributed by atoms with Crippen LogP contribution in [-0.2, 0) is 28.8 Å². The van der Waals surface area contributed by atoms with Crippen LogP contribution in [0.15, 0.2) is 0 Å². The Bertz CT molecular complexity index is 879. The third-order valence-electron chi connectivity index (χ3n) is 6.53. The Kier molecular flexibility index (Phi) is 10.0. The minimum Gasteiger partial charge on any atom is -0.356 e. The van der Waals surface area contributed by atoms with Crippen molar-refractivity contribution in [1.29, 1.82) is 0 Å². The van der Waals surface area contributed by atoms with Gasteiger partial charge in [0, 0.05) is 31.0 Å². The number of carbonyl (C=O) groups is 6. The van der Waals surface area contributed by atoms with Gasteiger partial charge in [-0.15, -0.1) is 0 Å². The van der Waals surface area contributed by atoms with Gasteiger partial charge >= 0.3 is 0 Å². The maximum absolute atomic E-state index is 13.3. The number of nitrogens with zero attached hydrogens (tertiary/aromatic N) is 1. The van der Waals surface area contributed by atoms with E-state index >= 15 is 0 Å². The van der Waals surface area contributed by atoms with Gasteiger partial charge in [0.2, 0.25) is 29.4 Å². The van der Waals surface area contributed by atoms with Crippen LogP contribution >= 0.6 is 0 Å². The monoisotopic (exact) mass is 507 g/mol. The highest BCUT2D eigenvalue weighted by atomic mass is 16.2. The summed E-state index contributed by atoms with van der Waals surface area (Å²) >= 11 is 0. The predicted molar refractivity (Wildman–Crippen MR) is 132 cm³/mol. The van der Waals surface area contributed by atoms with Crippen molar-refractivity contribution in [1.82, 2.24) is 26.2 Å². The summed E-state index contributed by atoms with van der Waals surface area (Å²) < 4.78 is 0. The average Bonchev–Trinajstić information content (AvgIpc) is 3.53. The van der Waals surface area contributed by atoms with Crippen LogP contribution in [0.1, 0.15) is 73.1 Å². The van der Waals surface area contributed by atoms with Gasteiger partial charge in [-0.25, -0.2) is 0 Å². The van der Waals surface area contributed by atoms with Gasteiger partial charge in [-0.1, -0.05) is 34.1 Å². The number of rotatable bonds is 12. The van der Waals surface area contributed by atoms with Crippen molar-refractivity contribution >= 4 is 35.3 Å². The zero-order valence-electron chi connectivity index (χ0n) is 22.2. The Hall–Kier alpha value is -2.98. The van der Waals surface area contributed by atoms with Gasteiger partial charge in [-0.2, -0.15) is 0 Å². The Morgan fingerprint density at radius 2 is 1.72 bits per heavy atom. The molecule has 1 aliphatic heterocycles. The van der Waals surface area contributed by atoms with Crippen LogP contribution < -0.4 is 21.3 Å². The molecule has 0 radical (unpaired) electrons. The maximum atomic E-state index is 13.3. The fourth-order valence-electron chi connectivity index (χ4n) is 4.00. The van der Waals surface area contributed by atoms with Gasteiger partial charge in [-0.05, 0) is 39.0 Å². The van der Waals surface area contributed by atoms with Crippen LogP contribution in [-0.4, -0.2) is 78.0 Å². The molecule has 1 heterocycles. The minimum atomic E-state index is -1.19. The third kappa shape index (κ3) is 8.03. The Balaban J connectivity index is 2.15. The van der Waals surface area contributed by atoms with Crippen molar-refractivity contribution in [2.75, 3.05) is 13.6 Å².